The van der Waals surface area contributed by atoms with E-state index in [-0.39, 0.29) is 11.8 Å². The summed E-state index contributed by atoms with van der Waals surface area (Å²) in [7, 11) is 0. The summed E-state index contributed by atoms with van der Waals surface area (Å²) >= 11 is 0. The van der Waals surface area contributed by atoms with Crippen molar-refractivity contribution in [3.05, 3.63) is 69.8 Å². The van der Waals surface area contributed by atoms with Crippen molar-refractivity contribution >= 4 is 5.78 Å². The zero-order chi connectivity index (χ0) is 17.0. The van der Waals surface area contributed by atoms with Gasteiger partial charge in [-0.2, -0.15) is 0 Å². The number of rotatable bonds is 3. The Morgan fingerprint density at radius 3 is 2.61 bits per heavy atom. The number of hydrogen-bond donors (Lipinski definition) is 1. The summed E-state index contributed by atoms with van der Waals surface area (Å²) in [5, 5.41) is 0. The third kappa shape index (κ3) is 3.53. The van der Waals surface area contributed by atoms with Crippen LogP contribution in [0.3, 0.4) is 0 Å². The van der Waals surface area contributed by atoms with Crippen LogP contribution in [0.4, 0.5) is 0 Å². The van der Waals surface area contributed by atoms with Crippen molar-refractivity contribution in [1.82, 2.24) is 0 Å². The summed E-state index contributed by atoms with van der Waals surface area (Å²) in [6, 6.07) is 12.2. The highest BCUT2D eigenvalue weighted by molar-refractivity contribution is 6.10. The molecular weight excluding hydrogens is 282 g/mol. The lowest BCUT2D eigenvalue weighted by atomic mass is 9.94. The normalized spacial score (nSPS) is 15.6. The fraction of sp³-hybridized carbons (Fsp3) is 0.381. The van der Waals surface area contributed by atoms with E-state index in [0.717, 1.165) is 36.0 Å². The molecule has 2 aromatic carbocycles. The lowest BCUT2D eigenvalue weighted by Gasteiger charge is -2.10. The first-order valence-corrected chi connectivity index (χ1v) is 8.62. The first kappa shape index (κ1) is 17.4. The third-order valence-electron chi connectivity index (χ3n) is 4.42. The Morgan fingerprint density at radius 2 is 1.91 bits per heavy atom. The molecule has 1 aliphatic rings. The molecule has 1 atom stereocenters. The molecule has 0 aliphatic heterocycles. The molecule has 1 aliphatic carbocycles. The predicted octanol–water partition coefficient (Wildman–Crippen LogP) is 4.76. The summed E-state index contributed by atoms with van der Waals surface area (Å²) in [6.07, 6.45) is 2.84. The van der Waals surface area contributed by atoms with Gasteiger partial charge in [-0.25, -0.2) is 0 Å². The molecule has 0 aromatic heterocycles. The van der Waals surface area contributed by atoms with Crippen molar-refractivity contribution in [3.8, 4) is 0 Å². The van der Waals surface area contributed by atoms with Crippen LogP contribution >= 0.6 is 0 Å². The maximum Gasteiger partial charge on any atom is 0.193 e. The molecule has 0 saturated heterocycles. The second-order valence-corrected chi connectivity index (χ2v) is 5.90. The van der Waals surface area contributed by atoms with Gasteiger partial charge in [0.2, 0.25) is 0 Å². The minimum absolute atomic E-state index is 0.120. The number of ketones is 1. The van der Waals surface area contributed by atoms with Crippen molar-refractivity contribution in [1.29, 1.82) is 0 Å². The van der Waals surface area contributed by atoms with Crippen molar-refractivity contribution in [2.75, 3.05) is 0 Å². The summed E-state index contributed by atoms with van der Waals surface area (Å²) in [5.74, 6) is 0.120. The van der Waals surface area contributed by atoms with E-state index in [2.05, 4.69) is 19.9 Å². The van der Waals surface area contributed by atoms with E-state index >= 15 is 0 Å². The molecular formula is C21H27NO. The van der Waals surface area contributed by atoms with Crippen LogP contribution < -0.4 is 5.73 Å². The Kier molecular flexibility index (Phi) is 5.73. The molecule has 23 heavy (non-hydrogen) atoms. The summed E-state index contributed by atoms with van der Waals surface area (Å²) < 4.78 is 0. The maximum atomic E-state index is 12.8. The van der Waals surface area contributed by atoms with E-state index in [1.807, 2.05) is 44.2 Å². The minimum atomic E-state index is 0.120. The van der Waals surface area contributed by atoms with E-state index in [1.54, 1.807) is 0 Å². The van der Waals surface area contributed by atoms with E-state index < -0.39 is 0 Å². The molecule has 0 fully saturated rings. The van der Waals surface area contributed by atoms with Crippen LogP contribution in [0.25, 0.3) is 0 Å². The highest BCUT2D eigenvalue weighted by Gasteiger charge is 2.21. The van der Waals surface area contributed by atoms with Gasteiger partial charge in [-0.1, -0.05) is 56.7 Å². The van der Waals surface area contributed by atoms with Crippen LogP contribution in [0, 0.1) is 6.92 Å². The Labute approximate surface area is 139 Å². The van der Waals surface area contributed by atoms with Crippen LogP contribution in [0.1, 0.15) is 71.4 Å². The number of benzene rings is 2. The molecule has 0 spiro atoms. The molecule has 0 heterocycles. The lowest BCUT2D eigenvalue weighted by Crippen LogP contribution is -2.08. The quantitative estimate of drug-likeness (QED) is 0.831. The van der Waals surface area contributed by atoms with Crippen molar-refractivity contribution in [3.63, 3.8) is 0 Å². The maximum absolute atomic E-state index is 12.8. The molecule has 1 unspecified atom stereocenters. The van der Waals surface area contributed by atoms with Gasteiger partial charge in [0.05, 0.1) is 0 Å². The monoisotopic (exact) mass is 309 g/mol. The van der Waals surface area contributed by atoms with Gasteiger partial charge in [0, 0.05) is 17.2 Å². The average molecular weight is 309 g/mol. The molecule has 0 saturated carbocycles. The number of aryl methyl sites for hydroxylation is 3. The zero-order valence-electron chi connectivity index (χ0n) is 14.6. The molecule has 0 bridgehead atoms. The largest absolute Gasteiger partial charge is 0.324 e. The van der Waals surface area contributed by atoms with Crippen LogP contribution in [0.2, 0.25) is 0 Å². The first-order valence-electron chi connectivity index (χ1n) is 8.62. The lowest BCUT2D eigenvalue weighted by molar-refractivity contribution is 0.103. The van der Waals surface area contributed by atoms with E-state index in [4.69, 9.17) is 5.73 Å². The highest BCUT2D eigenvalue weighted by Crippen LogP contribution is 2.30. The van der Waals surface area contributed by atoms with Gasteiger partial charge in [-0.15, -0.1) is 0 Å². The fourth-order valence-electron chi connectivity index (χ4n) is 3.18. The molecule has 2 N–H and O–H groups in total. The number of nitrogens with two attached hydrogens (primary N) is 1. The number of fused-ring (bicyclic) bond motifs is 1. The van der Waals surface area contributed by atoms with Gasteiger partial charge in [0.15, 0.2) is 5.78 Å². The SMILES string of the molecule is CC.CCc1cc(C)ccc1C(=O)c1ccc2c(c1)CCC2N. The Morgan fingerprint density at radius 1 is 1.17 bits per heavy atom. The predicted molar refractivity (Wildman–Crippen MR) is 97.0 cm³/mol. The van der Waals surface area contributed by atoms with Crippen molar-refractivity contribution in [2.45, 2.75) is 53.0 Å². The highest BCUT2D eigenvalue weighted by atomic mass is 16.1. The average Bonchev–Trinajstić information content (AvgIpc) is 2.96. The molecule has 0 amide bonds. The van der Waals surface area contributed by atoms with Crippen LogP contribution in [-0.4, -0.2) is 5.78 Å². The Bertz CT molecular complexity index is 703. The van der Waals surface area contributed by atoms with Gasteiger partial charge in [0.25, 0.3) is 0 Å². The third-order valence-corrected chi connectivity index (χ3v) is 4.42. The minimum Gasteiger partial charge on any atom is -0.324 e. The van der Waals surface area contributed by atoms with Gasteiger partial charge in [0.1, 0.15) is 0 Å². The molecule has 122 valence electrons. The van der Waals surface area contributed by atoms with Gasteiger partial charge in [-0.05, 0) is 48.9 Å². The second kappa shape index (κ2) is 7.56. The summed E-state index contributed by atoms with van der Waals surface area (Å²) in [5.41, 5.74) is 12.4. The van der Waals surface area contributed by atoms with E-state index in [9.17, 15) is 4.79 Å². The first-order chi connectivity index (χ1) is 11.1. The number of hydrogen-bond acceptors (Lipinski definition) is 2. The molecule has 2 heteroatoms. The zero-order valence-corrected chi connectivity index (χ0v) is 14.6. The molecule has 3 rings (SSSR count). The van der Waals surface area contributed by atoms with Crippen LogP contribution in [0.5, 0.6) is 0 Å². The van der Waals surface area contributed by atoms with Gasteiger partial charge >= 0.3 is 0 Å². The second-order valence-electron chi connectivity index (χ2n) is 5.90. The van der Waals surface area contributed by atoms with E-state index in [1.165, 1.54) is 16.7 Å². The van der Waals surface area contributed by atoms with Crippen LogP contribution in [-0.2, 0) is 12.8 Å². The topological polar surface area (TPSA) is 43.1 Å². The summed E-state index contributed by atoms with van der Waals surface area (Å²) in [4.78, 5) is 12.8. The van der Waals surface area contributed by atoms with Gasteiger partial charge in [-0.3, -0.25) is 4.79 Å². The molecule has 2 nitrogen and oxygen atoms in total. The smallest absolute Gasteiger partial charge is 0.193 e. The van der Waals surface area contributed by atoms with Crippen LogP contribution in [0.15, 0.2) is 36.4 Å². The summed E-state index contributed by atoms with van der Waals surface area (Å²) in [6.45, 7) is 8.15. The van der Waals surface area contributed by atoms with Crippen molar-refractivity contribution in [2.24, 2.45) is 5.73 Å². The van der Waals surface area contributed by atoms with Gasteiger partial charge < -0.3 is 5.73 Å². The molecule has 2 aromatic rings. The fourth-order valence-corrected chi connectivity index (χ4v) is 3.18. The van der Waals surface area contributed by atoms with Crippen molar-refractivity contribution < 1.29 is 4.79 Å². The standard InChI is InChI=1S/C19H21NO.C2H6/c1-3-13-10-12(2)4-7-17(13)19(21)15-5-8-16-14(11-15)6-9-18(16)20;1-2/h4-5,7-8,10-11,18H,3,6,9,20H2,1-2H3;1-2H3. The Hall–Kier alpha value is -1.93. The van der Waals surface area contributed by atoms with E-state index in [0.29, 0.717) is 0 Å². The Balaban J connectivity index is 0.000000924. The molecule has 0 radical (unpaired) electrons. The number of carbonyl (C=O) groups is 1. The number of carbonyl (C=O) groups excluding carboxylic acids is 1.